The van der Waals surface area contributed by atoms with Crippen LogP contribution in [-0.2, 0) is 56.5 Å². The minimum absolute atomic E-state index is 0.0181. The summed E-state index contributed by atoms with van der Waals surface area (Å²) in [6, 6.07) is 35.5. The predicted molar refractivity (Wildman–Crippen MR) is 428 cm³/mol. The van der Waals surface area contributed by atoms with E-state index in [1.54, 1.807) is 73.2 Å². The second-order valence-corrected chi connectivity index (χ2v) is 29.2. The molecule has 2 aliphatic rings. The molecule has 5 heterocycles. The van der Waals surface area contributed by atoms with Crippen molar-refractivity contribution >= 4 is 187 Å². The summed E-state index contributed by atoms with van der Waals surface area (Å²) in [5.41, 5.74) is 8.69. The maximum atomic E-state index is 12.6. The number of aromatic nitrogens is 4. The molecule has 1 fully saturated rings. The average molecular weight is 1810 g/mol. The third-order valence-electron chi connectivity index (χ3n) is 17.6. The van der Waals surface area contributed by atoms with Gasteiger partial charge in [-0.25, -0.2) is 19.4 Å². The summed E-state index contributed by atoms with van der Waals surface area (Å²) in [7, 11) is 5.47. The molecule has 0 radical (unpaired) electrons. The topological polar surface area (TPSA) is 385 Å². The van der Waals surface area contributed by atoms with E-state index in [4.69, 9.17) is 9.47 Å². The first-order valence-electron chi connectivity index (χ1n) is 33.2. The Hall–Kier alpha value is -10.8. The number of carbonyl (C=O) groups is 9. The number of hydrogen-bond acceptors (Lipinski definition) is 16. The van der Waals surface area contributed by atoms with Crippen molar-refractivity contribution in [3.8, 4) is 62.5 Å². The smallest absolute Gasteiger partial charge is 0.339 e. The van der Waals surface area contributed by atoms with Crippen molar-refractivity contribution in [1.29, 1.82) is 0 Å². The molecule has 4 aromatic heterocycles. The Morgan fingerprint density at radius 2 is 0.963 bits per heavy atom. The molecule has 0 bridgehead atoms. The van der Waals surface area contributed by atoms with Crippen LogP contribution in [0.5, 0.6) is 28.7 Å². The van der Waals surface area contributed by atoms with Crippen LogP contribution in [0.15, 0.2) is 139 Å². The Kier molecular flexibility index (Phi) is 24.4. The lowest BCUT2D eigenvalue weighted by Gasteiger charge is -2.22. The highest BCUT2D eigenvalue weighted by Crippen LogP contribution is 2.42. The molecule has 31 heteroatoms. The first kappa shape index (κ1) is 77.3. The van der Waals surface area contributed by atoms with Gasteiger partial charge in [-0.05, 0) is 165 Å². The van der Waals surface area contributed by atoms with Crippen molar-refractivity contribution in [3.05, 3.63) is 172 Å². The summed E-state index contributed by atoms with van der Waals surface area (Å²) >= 11 is 7.75. The number of carbonyl (C=O) groups excluding carboxylic acids is 6. The third-order valence-corrected chi connectivity index (χ3v) is 21.6. The summed E-state index contributed by atoms with van der Waals surface area (Å²) in [6.45, 7) is 3.87. The molecule has 0 atom stereocenters. The number of halogens is 3. The molecule has 7 aromatic carbocycles. The second kappa shape index (κ2) is 33.8. The highest BCUT2D eigenvalue weighted by Gasteiger charge is 2.28. The number of thiazole rings is 1. The number of fused-ring (bicyclic) bond motifs is 4. The van der Waals surface area contributed by atoms with Gasteiger partial charge in [-0.15, -0.1) is 11.3 Å². The normalized spacial score (nSPS) is 12.0. The molecule has 1 saturated carbocycles. The highest BCUT2D eigenvalue weighted by atomic mass is 127. The number of phenols is 3. The molecule has 11 N–H and O–H groups in total. The molecule has 0 spiro atoms. The third kappa shape index (κ3) is 18.0. The molecule has 0 unspecified atom stereocenters. The molecule has 1 aliphatic heterocycles. The standard InChI is InChI=1S/C27H30IN3O5.C26H20IN3O7.C23H19IN4O5S/c1-3-11-31(15-16-7-8-16)24(34)10-9-23(33)29-18-6-4-5-17(12-18)26-25(28)19-13-20(27(35)36)22(32)14-21(19)30(26)2;1-30-18-10-19(31)17(26(34)35)9-16(18)22(27)23(30)14-3-2-4-15(8-14)29-25(33)24(32)28-11-13-5-6-20-21(7-13)37-12-36-20;1-28-16-11-17(29)15(22(32)33)10-14(16)20(24)21(28)12-3-2-4-13(9-12)26-18(30)5-6-19(31)27-23-25-7-8-34-23/h4-6,12-14,16,32H,3,7-11,15H2,1-2H3,(H,29,33)(H,35,36);2-10,31H,11-12H2,1H3,(H,28,32)(H,29,33)(H,34,35);2-4,7-11,29H,5-6H2,1H3,(H,26,30)(H,32,33)(H,25,27,31). The number of ether oxygens (including phenoxy) is 2. The van der Waals surface area contributed by atoms with Crippen molar-refractivity contribution in [1.82, 2.24) is 28.9 Å². The van der Waals surface area contributed by atoms with Crippen LogP contribution >= 0.6 is 79.1 Å². The van der Waals surface area contributed by atoms with Crippen molar-refractivity contribution in [2.45, 2.75) is 58.4 Å². The first-order valence-corrected chi connectivity index (χ1v) is 37.4. The number of nitrogens with one attached hydrogen (secondary N) is 5. The monoisotopic (exact) mass is 1810 g/mol. The summed E-state index contributed by atoms with van der Waals surface area (Å²) < 4.78 is 18.6. The van der Waals surface area contributed by atoms with Crippen LogP contribution in [0.2, 0.25) is 0 Å². The van der Waals surface area contributed by atoms with Gasteiger partial charge in [-0.3, -0.25) is 28.8 Å². The number of amides is 6. The second-order valence-electron chi connectivity index (χ2n) is 25.1. The van der Waals surface area contributed by atoms with Gasteiger partial charge < -0.3 is 85.3 Å². The lowest BCUT2D eigenvalue weighted by Crippen LogP contribution is -2.34. The van der Waals surface area contributed by atoms with E-state index >= 15 is 0 Å². The zero-order valence-corrected chi connectivity index (χ0v) is 64.9. The van der Waals surface area contributed by atoms with Crippen LogP contribution in [0.1, 0.15) is 88.5 Å². The maximum absolute atomic E-state index is 12.6. The van der Waals surface area contributed by atoms with Crippen molar-refractivity contribution in [2.24, 2.45) is 27.1 Å². The van der Waals surface area contributed by atoms with Crippen LogP contribution < -0.4 is 36.1 Å². The van der Waals surface area contributed by atoms with Crippen molar-refractivity contribution in [2.75, 3.05) is 41.1 Å². The van der Waals surface area contributed by atoms with Crippen LogP contribution in [-0.4, -0.2) is 127 Å². The Morgan fingerprint density at radius 1 is 0.533 bits per heavy atom. The summed E-state index contributed by atoms with van der Waals surface area (Å²) in [5.74, 6) is -5.07. The molecule has 107 heavy (non-hydrogen) atoms. The van der Waals surface area contributed by atoms with E-state index in [0.29, 0.717) is 66.9 Å². The molecule has 0 saturated heterocycles. The number of anilines is 4. The van der Waals surface area contributed by atoms with Crippen molar-refractivity contribution < 1.29 is 83.3 Å². The van der Waals surface area contributed by atoms with Gasteiger partial charge in [0.15, 0.2) is 16.6 Å². The molecule has 13 rings (SSSR count). The first-order chi connectivity index (χ1) is 51.2. The van der Waals surface area contributed by atoms with Gasteiger partial charge in [0, 0.05) is 157 Å². The fourth-order valence-electron chi connectivity index (χ4n) is 12.2. The fraction of sp³-hybridized carbons (Fsp3) is 0.211. The van der Waals surface area contributed by atoms with E-state index in [0.717, 1.165) is 74.9 Å². The number of nitrogens with zero attached hydrogens (tertiary/aromatic N) is 5. The number of aromatic hydroxyl groups is 3. The van der Waals surface area contributed by atoms with E-state index in [1.165, 1.54) is 60.6 Å². The van der Waals surface area contributed by atoms with Crippen LogP contribution in [0, 0.1) is 16.6 Å². The summed E-state index contributed by atoms with van der Waals surface area (Å²) in [6.07, 6.45) is 5.22. The zero-order chi connectivity index (χ0) is 76.7. The van der Waals surface area contributed by atoms with E-state index < -0.39 is 29.7 Å². The van der Waals surface area contributed by atoms with Gasteiger partial charge >= 0.3 is 29.7 Å². The SMILES string of the molecule is CCCN(CC1CC1)C(=O)CCC(=O)Nc1cccc(-c2c(I)c3cc(C(=O)O)c(O)cc3n2C)c1.Cn1c(-c2cccc(NC(=O)C(=O)NCc3ccc4c(c3)OCO4)c2)c(I)c2cc(C(=O)O)c(O)cc21.Cn1c(-c2cccc(NC(=O)CCC(=O)Nc3nccs3)c2)c(I)c2cc(C(=O)O)c(O)cc21. The molecule has 6 amide bonds. The van der Waals surface area contributed by atoms with Crippen LogP contribution in [0.4, 0.5) is 22.2 Å². The molecular weight excluding hydrogens is 1740 g/mol. The Morgan fingerprint density at radius 3 is 1.38 bits per heavy atom. The number of hydrogen-bond donors (Lipinski definition) is 11. The lowest BCUT2D eigenvalue weighted by molar-refractivity contribution is -0.136. The number of aryl methyl sites for hydroxylation is 3. The minimum Gasteiger partial charge on any atom is -0.507 e. The number of carboxylic acids is 3. The number of aromatic carboxylic acids is 3. The van der Waals surface area contributed by atoms with Gasteiger partial charge in [0.25, 0.3) is 0 Å². The maximum Gasteiger partial charge on any atom is 0.339 e. The van der Waals surface area contributed by atoms with Crippen LogP contribution in [0.25, 0.3) is 66.5 Å². The van der Waals surface area contributed by atoms with Gasteiger partial charge in [-0.1, -0.05) is 49.4 Å². The zero-order valence-electron chi connectivity index (χ0n) is 57.6. The molecule has 27 nitrogen and oxygen atoms in total. The van der Waals surface area contributed by atoms with Crippen LogP contribution in [0.3, 0.4) is 0 Å². The van der Waals surface area contributed by atoms with Crippen molar-refractivity contribution in [3.63, 3.8) is 0 Å². The molecule has 1 aliphatic carbocycles. The average Bonchev–Trinajstić information content (AvgIpc) is 1.62. The van der Waals surface area contributed by atoms with Gasteiger partial charge in [0.1, 0.15) is 33.9 Å². The quantitative estimate of drug-likeness (QED) is 0.0222. The van der Waals surface area contributed by atoms with E-state index in [2.05, 4.69) is 106 Å². The predicted octanol–water partition coefficient (Wildman–Crippen LogP) is 13.7. The number of carboxylic acid groups (broad SMARTS) is 3. The molecule has 11 aromatic rings. The van der Waals surface area contributed by atoms with Gasteiger partial charge in [-0.2, -0.15) is 0 Å². The Balaban J connectivity index is 0.000000160. The number of benzene rings is 7. The van der Waals surface area contributed by atoms with Gasteiger partial charge in [0.2, 0.25) is 30.4 Å². The number of rotatable bonds is 22. The largest absolute Gasteiger partial charge is 0.507 e. The van der Waals surface area contributed by atoms with Gasteiger partial charge in [0.05, 0.1) is 33.6 Å². The van der Waals surface area contributed by atoms with E-state index in [9.17, 15) is 73.8 Å². The molecule has 552 valence electrons. The Labute approximate surface area is 655 Å². The van der Waals surface area contributed by atoms with E-state index in [-0.39, 0.29) is 96.6 Å². The highest BCUT2D eigenvalue weighted by molar-refractivity contribution is 14.1. The van der Waals surface area contributed by atoms with E-state index in [1.807, 2.05) is 69.1 Å². The Bertz CT molecular complexity index is 5380. The fourth-order valence-corrected chi connectivity index (χ4v) is 16.1. The minimum atomic E-state index is -1.22. The summed E-state index contributed by atoms with van der Waals surface area (Å²) in [5, 5.41) is 76.3. The molecular formula is C76H69I3N10O17S. The lowest BCUT2D eigenvalue weighted by atomic mass is 10.1. The summed E-state index contributed by atoms with van der Waals surface area (Å²) in [4.78, 5) is 115.